The second-order valence-electron chi connectivity index (χ2n) is 5.45. The number of thiophene rings is 1. The molecule has 1 heterocycles. The Morgan fingerprint density at radius 1 is 1.44 bits per heavy atom. The van der Waals surface area contributed by atoms with Gasteiger partial charge >= 0.3 is 0 Å². The van der Waals surface area contributed by atoms with Gasteiger partial charge in [0.05, 0.1) is 3.79 Å². The van der Waals surface area contributed by atoms with Gasteiger partial charge in [-0.2, -0.15) is 0 Å². The molecule has 1 atom stereocenters. The molecule has 0 fully saturated rings. The van der Waals surface area contributed by atoms with Crippen LogP contribution in [-0.2, 0) is 0 Å². The van der Waals surface area contributed by atoms with Gasteiger partial charge < -0.3 is 5.32 Å². The molecule has 0 amide bonds. The van der Waals surface area contributed by atoms with E-state index in [1.165, 1.54) is 9.35 Å². The van der Waals surface area contributed by atoms with Crippen molar-refractivity contribution in [1.29, 1.82) is 0 Å². The molecular weight excluding hydrogens is 306 g/mol. The van der Waals surface area contributed by atoms with Crippen molar-refractivity contribution in [3.8, 4) is 11.8 Å². The maximum Gasteiger partial charge on any atom is 0.0701 e. The van der Waals surface area contributed by atoms with Gasteiger partial charge in [0.25, 0.3) is 0 Å². The van der Waals surface area contributed by atoms with E-state index >= 15 is 0 Å². The molecule has 0 aliphatic heterocycles. The van der Waals surface area contributed by atoms with Gasteiger partial charge in [0.15, 0.2) is 0 Å². The van der Waals surface area contributed by atoms with Crippen LogP contribution >= 0.6 is 27.3 Å². The summed E-state index contributed by atoms with van der Waals surface area (Å²) < 4.78 is 1.18. The van der Waals surface area contributed by atoms with Gasteiger partial charge in [-0.25, -0.2) is 0 Å². The average Bonchev–Trinajstić information content (AvgIpc) is 2.68. The van der Waals surface area contributed by atoms with E-state index in [9.17, 15) is 0 Å². The first-order chi connectivity index (χ1) is 8.42. The summed E-state index contributed by atoms with van der Waals surface area (Å²) in [5.41, 5.74) is 1.42. The van der Waals surface area contributed by atoms with Crippen LogP contribution in [0.5, 0.6) is 0 Å². The third-order valence-corrected chi connectivity index (χ3v) is 3.92. The van der Waals surface area contributed by atoms with Gasteiger partial charge in [0.1, 0.15) is 0 Å². The zero-order valence-corrected chi connectivity index (χ0v) is 14.0. The van der Waals surface area contributed by atoms with Crippen molar-refractivity contribution in [2.45, 2.75) is 46.6 Å². The molecule has 1 aromatic heterocycles. The van der Waals surface area contributed by atoms with Crippen molar-refractivity contribution < 1.29 is 0 Å². The van der Waals surface area contributed by atoms with Crippen molar-refractivity contribution in [3.63, 3.8) is 0 Å². The quantitative estimate of drug-likeness (QED) is 0.751. The maximum atomic E-state index is 3.57. The molecule has 1 N–H and O–H groups in total. The Morgan fingerprint density at radius 3 is 2.67 bits per heavy atom. The zero-order chi connectivity index (χ0) is 13.6. The van der Waals surface area contributed by atoms with E-state index in [1.54, 1.807) is 11.3 Å². The zero-order valence-electron chi connectivity index (χ0n) is 11.6. The summed E-state index contributed by atoms with van der Waals surface area (Å²) in [4.78, 5) is 0. The lowest BCUT2D eigenvalue weighted by Gasteiger charge is -2.15. The van der Waals surface area contributed by atoms with Crippen molar-refractivity contribution >= 4 is 27.3 Å². The largest absolute Gasteiger partial charge is 0.309 e. The van der Waals surface area contributed by atoms with Crippen LogP contribution in [0.15, 0.2) is 15.2 Å². The Kier molecular flexibility index (Phi) is 6.42. The monoisotopic (exact) mass is 327 g/mol. The molecule has 100 valence electrons. The SMILES string of the molecule is CCCNC(CC#CC(C)(C)C)c1csc(Br)c1. The Labute approximate surface area is 124 Å². The standard InChI is InChI=1S/C15H22BrNS/c1-5-9-17-13(7-6-8-15(2,3)4)12-10-14(16)18-11-12/h10-11,13,17H,5,7,9H2,1-4H3. The van der Waals surface area contributed by atoms with E-state index in [2.05, 4.69) is 72.2 Å². The highest BCUT2D eigenvalue weighted by Gasteiger charge is 2.11. The molecule has 3 heteroatoms. The van der Waals surface area contributed by atoms with Crippen molar-refractivity contribution in [3.05, 3.63) is 20.8 Å². The van der Waals surface area contributed by atoms with Gasteiger partial charge in [0.2, 0.25) is 0 Å². The van der Waals surface area contributed by atoms with Crippen LogP contribution in [0, 0.1) is 17.3 Å². The fourth-order valence-corrected chi connectivity index (χ4v) is 2.78. The molecule has 0 aliphatic carbocycles. The Hall–Kier alpha value is -0.300. The van der Waals surface area contributed by atoms with Crippen LogP contribution in [0.1, 0.15) is 52.1 Å². The maximum absolute atomic E-state index is 3.57. The highest BCUT2D eigenvalue weighted by Crippen LogP contribution is 2.27. The van der Waals surface area contributed by atoms with Crippen LogP contribution in [0.3, 0.4) is 0 Å². The fourth-order valence-electron chi connectivity index (χ4n) is 1.55. The lowest BCUT2D eigenvalue weighted by molar-refractivity contribution is 0.539. The van der Waals surface area contributed by atoms with Gasteiger partial charge in [-0.15, -0.1) is 17.3 Å². The lowest BCUT2D eigenvalue weighted by atomic mass is 9.97. The summed E-state index contributed by atoms with van der Waals surface area (Å²) in [7, 11) is 0. The number of hydrogen-bond acceptors (Lipinski definition) is 2. The number of rotatable bonds is 5. The second-order valence-corrected chi connectivity index (χ2v) is 7.74. The fraction of sp³-hybridized carbons (Fsp3) is 0.600. The van der Waals surface area contributed by atoms with E-state index in [1.807, 2.05) is 0 Å². The molecule has 1 unspecified atom stereocenters. The number of nitrogens with one attached hydrogen (secondary N) is 1. The first-order valence-electron chi connectivity index (χ1n) is 6.39. The summed E-state index contributed by atoms with van der Waals surface area (Å²) in [6, 6.07) is 2.54. The smallest absolute Gasteiger partial charge is 0.0701 e. The minimum Gasteiger partial charge on any atom is -0.309 e. The molecule has 0 bridgehead atoms. The minimum atomic E-state index is 0.0878. The summed E-state index contributed by atoms with van der Waals surface area (Å²) in [5.74, 6) is 6.63. The third kappa shape index (κ3) is 6.04. The Morgan fingerprint density at radius 2 is 2.17 bits per heavy atom. The normalized spacial score (nSPS) is 12.9. The van der Waals surface area contributed by atoms with Gasteiger partial charge in [-0.3, -0.25) is 0 Å². The van der Waals surface area contributed by atoms with Crippen molar-refractivity contribution in [2.24, 2.45) is 5.41 Å². The molecule has 1 rings (SSSR count). The van der Waals surface area contributed by atoms with Crippen LogP contribution in [-0.4, -0.2) is 6.54 Å². The minimum absolute atomic E-state index is 0.0878. The predicted octanol–water partition coefficient (Wildman–Crippen LogP) is 4.99. The molecule has 0 aliphatic rings. The van der Waals surface area contributed by atoms with E-state index in [0.29, 0.717) is 6.04 Å². The summed E-state index contributed by atoms with van der Waals surface area (Å²) >= 11 is 5.26. The molecule has 18 heavy (non-hydrogen) atoms. The Balaban J connectivity index is 2.69. The molecule has 0 saturated heterocycles. The summed E-state index contributed by atoms with van der Waals surface area (Å²) in [6.07, 6.45) is 2.02. The van der Waals surface area contributed by atoms with Gasteiger partial charge in [-0.1, -0.05) is 12.8 Å². The highest BCUT2D eigenvalue weighted by atomic mass is 79.9. The van der Waals surface area contributed by atoms with Crippen LogP contribution in [0.25, 0.3) is 0 Å². The lowest BCUT2D eigenvalue weighted by Crippen LogP contribution is -2.21. The molecule has 0 aromatic carbocycles. The van der Waals surface area contributed by atoms with Crippen LogP contribution in [0.4, 0.5) is 0 Å². The molecule has 0 radical (unpaired) electrons. The van der Waals surface area contributed by atoms with E-state index in [-0.39, 0.29) is 5.41 Å². The highest BCUT2D eigenvalue weighted by molar-refractivity contribution is 9.11. The van der Waals surface area contributed by atoms with Crippen molar-refractivity contribution in [1.82, 2.24) is 5.32 Å². The van der Waals surface area contributed by atoms with Crippen LogP contribution < -0.4 is 5.32 Å². The second kappa shape index (κ2) is 7.33. The van der Waals surface area contributed by atoms with Crippen LogP contribution in [0.2, 0.25) is 0 Å². The first-order valence-corrected chi connectivity index (χ1v) is 8.07. The van der Waals surface area contributed by atoms with Gasteiger partial charge in [0, 0.05) is 17.9 Å². The molecule has 0 spiro atoms. The summed E-state index contributed by atoms with van der Waals surface area (Å²) in [5, 5.41) is 5.77. The van der Waals surface area contributed by atoms with E-state index < -0.39 is 0 Å². The average molecular weight is 328 g/mol. The predicted molar refractivity (Wildman–Crippen MR) is 84.9 cm³/mol. The van der Waals surface area contributed by atoms with Crippen molar-refractivity contribution in [2.75, 3.05) is 6.54 Å². The molecule has 0 saturated carbocycles. The van der Waals surface area contributed by atoms with E-state index in [0.717, 1.165) is 19.4 Å². The Bertz CT molecular complexity index is 420. The molecule has 1 aromatic rings. The third-order valence-electron chi connectivity index (χ3n) is 2.40. The molecular formula is C15H22BrNS. The van der Waals surface area contributed by atoms with E-state index in [4.69, 9.17) is 0 Å². The number of hydrogen-bond donors (Lipinski definition) is 1. The molecule has 1 nitrogen and oxygen atoms in total. The first kappa shape index (κ1) is 15.8. The number of halogens is 1. The summed E-state index contributed by atoms with van der Waals surface area (Å²) in [6.45, 7) is 9.67. The van der Waals surface area contributed by atoms with Gasteiger partial charge in [-0.05, 0) is 66.7 Å². The topological polar surface area (TPSA) is 12.0 Å².